The molecular weight excluding hydrogens is 190 g/mol. The predicted molar refractivity (Wildman–Crippen MR) is 59.3 cm³/mol. The number of hydrazine groups is 1. The SMILES string of the molecule is NCc1cccc(N2CCC(C=O)N2)c1. The van der Waals surface area contributed by atoms with Crippen LogP contribution in [0.1, 0.15) is 12.0 Å². The molecule has 1 unspecified atom stereocenters. The van der Waals surface area contributed by atoms with E-state index in [2.05, 4.69) is 5.43 Å². The number of hydrogen-bond acceptors (Lipinski definition) is 4. The predicted octanol–water partition coefficient (Wildman–Crippen LogP) is 0.427. The third kappa shape index (κ3) is 2.16. The molecule has 2 rings (SSSR count). The molecule has 4 nitrogen and oxygen atoms in total. The molecule has 3 N–H and O–H groups in total. The van der Waals surface area contributed by atoms with Gasteiger partial charge < -0.3 is 15.5 Å². The lowest BCUT2D eigenvalue weighted by atomic mass is 10.2. The van der Waals surface area contributed by atoms with Crippen LogP contribution in [0, 0.1) is 0 Å². The molecule has 0 radical (unpaired) electrons. The molecule has 1 heterocycles. The summed E-state index contributed by atoms with van der Waals surface area (Å²) in [4.78, 5) is 10.6. The largest absolute Gasteiger partial charge is 0.326 e. The Bertz CT molecular complexity index is 353. The Hall–Kier alpha value is -1.39. The maximum absolute atomic E-state index is 10.6. The molecule has 1 fully saturated rings. The third-order valence-corrected chi connectivity index (χ3v) is 2.61. The molecule has 15 heavy (non-hydrogen) atoms. The van der Waals surface area contributed by atoms with Gasteiger partial charge in [0, 0.05) is 13.1 Å². The first-order valence-electron chi connectivity index (χ1n) is 5.11. The molecule has 1 aliphatic heterocycles. The van der Waals surface area contributed by atoms with E-state index in [0.29, 0.717) is 6.54 Å². The van der Waals surface area contributed by atoms with Crippen LogP contribution < -0.4 is 16.2 Å². The number of nitrogens with two attached hydrogens (primary N) is 1. The van der Waals surface area contributed by atoms with Gasteiger partial charge >= 0.3 is 0 Å². The fraction of sp³-hybridized carbons (Fsp3) is 0.364. The van der Waals surface area contributed by atoms with E-state index in [9.17, 15) is 4.79 Å². The monoisotopic (exact) mass is 205 g/mol. The number of hydrogen-bond donors (Lipinski definition) is 2. The van der Waals surface area contributed by atoms with Crippen LogP contribution in [0.2, 0.25) is 0 Å². The van der Waals surface area contributed by atoms with Gasteiger partial charge in [-0.3, -0.25) is 0 Å². The van der Waals surface area contributed by atoms with Crippen LogP contribution in [0.5, 0.6) is 0 Å². The van der Waals surface area contributed by atoms with Crippen molar-refractivity contribution in [2.24, 2.45) is 5.73 Å². The molecule has 1 saturated heterocycles. The van der Waals surface area contributed by atoms with Crippen molar-refractivity contribution in [3.63, 3.8) is 0 Å². The molecule has 0 aliphatic carbocycles. The number of aldehydes is 1. The lowest BCUT2D eigenvalue weighted by Gasteiger charge is -2.19. The second-order valence-electron chi connectivity index (χ2n) is 3.69. The van der Waals surface area contributed by atoms with E-state index in [1.807, 2.05) is 29.3 Å². The van der Waals surface area contributed by atoms with Gasteiger partial charge in [0.15, 0.2) is 0 Å². The Labute approximate surface area is 89.0 Å². The van der Waals surface area contributed by atoms with Crippen LogP contribution in [0.15, 0.2) is 24.3 Å². The van der Waals surface area contributed by atoms with Crippen LogP contribution in [-0.4, -0.2) is 18.9 Å². The summed E-state index contributed by atoms with van der Waals surface area (Å²) < 4.78 is 0. The average Bonchev–Trinajstić information content (AvgIpc) is 2.78. The fourth-order valence-corrected chi connectivity index (χ4v) is 1.75. The van der Waals surface area contributed by atoms with E-state index in [4.69, 9.17) is 5.73 Å². The second-order valence-corrected chi connectivity index (χ2v) is 3.69. The number of anilines is 1. The number of carbonyl (C=O) groups excluding carboxylic acids is 1. The van der Waals surface area contributed by atoms with Crippen molar-refractivity contribution in [3.05, 3.63) is 29.8 Å². The Balaban J connectivity index is 2.12. The minimum Gasteiger partial charge on any atom is -0.326 e. The highest BCUT2D eigenvalue weighted by Gasteiger charge is 2.20. The van der Waals surface area contributed by atoms with E-state index in [0.717, 1.165) is 30.5 Å². The highest BCUT2D eigenvalue weighted by atomic mass is 16.1. The van der Waals surface area contributed by atoms with E-state index in [-0.39, 0.29) is 6.04 Å². The standard InChI is InChI=1S/C11H15N3O/c12-7-9-2-1-3-11(6-9)14-5-4-10(8-15)13-14/h1-3,6,8,10,13H,4-5,7,12H2. The maximum Gasteiger partial charge on any atom is 0.138 e. The first-order chi connectivity index (χ1) is 7.33. The Kier molecular flexibility index (Phi) is 2.99. The van der Waals surface area contributed by atoms with Gasteiger partial charge in [-0.2, -0.15) is 0 Å². The lowest BCUT2D eigenvalue weighted by molar-refractivity contribution is -0.109. The summed E-state index contributed by atoms with van der Waals surface area (Å²) in [6, 6.07) is 7.98. The molecule has 0 bridgehead atoms. The Morgan fingerprint density at radius 2 is 2.47 bits per heavy atom. The quantitative estimate of drug-likeness (QED) is 0.702. The topological polar surface area (TPSA) is 58.4 Å². The van der Waals surface area contributed by atoms with E-state index >= 15 is 0 Å². The molecule has 1 aromatic carbocycles. The van der Waals surface area contributed by atoms with Gasteiger partial charge in [0.05, 0.1) is 11.7 Å². The van der Waals surface area contributed by atoms with E-state index in [1.54, 1.807) is 0 Å². The molecule has 1 aliphatic rings. The van der Waals surface area contributed by atoms with Crippen molar-refractivity contribution < 1.29 is 4.79 Å². The van der Waals surface area contributed by atoms with Crippen molar-refractivity contribution in [3.8, 4) is 0 Å². The van der Waals surface area contributed by atoms with Crippen molar-refractivity contribution in [2.45, 2.75) is 19.0 Å². The van der Waals surface area contributed by atoms with Crippen molar-refractivity contribution >= 4 is 12.0 Å². The van der Waals surface area contributed by atoms with Crippen LogP contribution in [0.4, 0.5) is 5.69 Å². The van der Waals surface area contributed by atoms with Crippen molar-refractivity contribution in [2.75, 3.05) is 11.6 Å². The van der Waals surface area contributed by atoms with Crippen molar-refractivity contribution in [1.82, 2.24) is 5.43 Å². The van der Waals surface area contributed by atoms with Gasteiger partial charge in [0.1, 0.15) is 6.29 Å². The second kappa shape index (κ2) is 4.42. The summed E-state index contributed by atoms with van der Waals surface area (Å²) in [5, 5.41) is 2.00. The zero-order chi connectivity index (χ0) is 10.7. The number of carbonyl (C=O) groups is 1. The summed E-state index contributed by atoms with van der Waals surface area (Å²) in [7, 11) is 0. The zero-order valence-corrected chi connectivity index (χ0v) is 8.52. The van der Waals surface area contributed by atoms with Gasteiger partial charge in [-0.25, -0.2) is 5.43 Å². The molecule has 1 aromatic rings. The summed E-state index contributed by atoms with van der Waals surface area (Å²) in [5.41, 5.74) is 10.9. The first-order valence-corrected chi connectivity index (χ1v) is 5.11. The van der Waals surface area contributed by atoms with Gasteiger partial charge in [0.2, 0.25) is 0 Å². The van der Waals surface area contributed by atoms with Crippen LogP contribution >= 0.6 is 0 Å². The number of nitrogens with zero attached hydrogens (tertiary/aromatic N) is 1. The fourth-order valence-electron chi connectivity index (χ4n) is 1.75. The lowest BCUT2D eigenvalue weighted by Crippen LogP contribution is -2.36. The molecule has 0 amide bonds. The minimum absolute atomic E-state index is 0.0495. The van der Waals surface area contributed by atoms with Crippen LogP contribution in [0.3, 0.4) is 0 Å². The number of nitrogens with one attached hydrogen (secondary N) is 1. The third-order valence-electron chi connectivity index (χ3n) is 2.61. The molecule has 0 saturated carbocycles. The number of benzene rings is 1. The minimum atomic E-state index is -0.0495. The maximum atomic E-state index is 10.6. The smallest absolute Gasteiger partial charge is 0.138 e. The van der Waals surface area contributed by atoms with Gasteiger partial charge in [-0.15, -0.1) is 0 Å². The summed E-state index contributed by atoms with van der Waals surface area (Å²) in [6.07, 6.45) is 1.81. The Morgan fingerprint density at radius 3 is 3.13 bits per heavy atom. The molecule has 0 spiro atoms. The summed E-state index contributed by atoms with van der Waals surface area (Å²) in [6.45, 7) is 1.40. The molecule has 1 atom stereocenters. The normalized spacial score (nSPS) is 20.6. The van der Waals surface area contributed by atoms with Crippen molar-refractivity contribution in [1.29, 1.82) is 0 Å². The Morgan fingerprint density at radius 1 is 1.60 bits per heavy atom. The molecular formula is C11H15N3O. The van der Waals surface area contributed by atoms with Crippen LogP contribution in [0.25, 0.3) is 0 Å². The first kappa shape index (κ1) is 10.1. The number of rotatable bonds is 3. The average molecular weight is 205 g/mol. The highest BCUT2D eigenvalue weighted by molar-refractivity contribution is 5.60. The van der Waals surface area contributed by atoms with Crippen LogP contribution in [-0.2, 0) is 11.3 Å². The van der Waals surface area contributed by atoms with Gasteiger partial charge in [0.25, 0.3) is 0 Å². The van der Waals surface area contributed by atoms with Gasteiger partial charge in [-0.05, 0) is 24.1 Å². The van der Waals surface area contributed by atoms with Gasteiger partial charge in [-0.1, -0.05) is 12.1 Å². The summed E-state index contributed by atoms with van der Waals surface area (Å²) >= 11 is 0. The molecule has 4 heteroatoms. The molecule has 0 aromatic heterocycles. The molecule has 80 valence electrons. The highest BCUT2D eigenvalue weighted by Crippen LogP contribution is 2.18. The van der Waals surface area contributed by atoms with E-state index < -0.39 is 0 Å². The zero-order valence-electron chi connectivity index (χ0n) is 8.52. The summed E-state index contributed by atoms with van der Waals surface area (Å²) in [5.74, 6) is 0. The van der Waals surface area contributed by atoms with E-state index in [1.165, 1.54) is 0 Å².